The molecule has 0 spiro atoms. The molecule has 2 rings (SSSR count). The summed E-state index contributed by atoms with van der Waals surface area (Å²) in [6, 6.07) is 6.20. The van der Waals surface area contributed by atoms with E-state index in [4.69, 9.17) is 4.74 Å². The monoisotopic (exact) mass is 345 g/mol. The maximum atomic E-state index is 12.7. The summed E-state index contributed by atoms with van der Waals surface area (Å²) in [6.07, 6.45) is 5.10. The molecule has 6 heteroatoms. The molecular formula is C19H23NO5. The van der Waals surface area contributed by atoms with Crippen LogP contribution in [-0.4, -0.2) is 29.1 Å². The van der Waals surface area contributed by atoms with Gasteiger partial charge in [0.25, 0.3) is 0 Å². The van der Waals surface area contributed by atoms with Gasteiger partial charge in [0.1, 0.15) is 0 Å². The van der Waals surface area contributed by atoms with Gasteiger partial charge in [-0.2, -0.15) is 0 Å². The van der Waals surface area contributed by atoms with E-state index < -0.39 is 17.8 Å². The van der Waals surface area contributed by atoms with Crippen molar-refractivity contribution in [1.29, 1.82) is 0 Å². The van der Waals surface area contributed by atoms with Gasteiger partial charge in [0.2, 0.25) is 5.91 Å². The number of hydrogen-bond acceptors (Lipinski definition) is 4. The molecule has 0 saturated carbocycles. The number of carboxylic acid groups (broad SMARTS) is 1. The van der Waals surface area contributed by atoms with E-state index in [2.05, 4.69) is 5.32 Å². The Hall–Kier alpha value is -2.63. The van der Waals surface area contributed by atoms with Gasteiger partial charge >= 0.3 is 11.9 Å². The lowest BCUT2D eigenvalue weighted by molar-refractivity contribution is -0.157. The third kappa shape index (κ3) is 4.68. The molecule has 0 aromatic heterocycles. The van der Waals surface area contributed by atoms with Crippen molar-refractivity contribution >= 4 is 23.5 Å². The second-order valence-electron chi connectivity index (χ2n) is 6.15. The van der Waals surface area contributed by atoms with Crippen LogP contribution in [0.4, 0.5) is 5.69 Å². The summed E-state index contributed by atoms with van der Waals surface area (Å²) in [5.41, 5.74) is 0.240. The molecule has 134 valence electrons. The number of aromatic carboxylic acids is 1. The Morgan fingerprint density at radius 2 is 1.84 bits per heavy atom. The minimum atomic E-state index is -1.12. The molecule has 0 unspecified atom stereocenters. The van der Waals surface area contributed by atoms with Crippen LogP contribution < -0.4 is 5.32 Å². The summed E-state index contributed by atoms with van der Waals surface area (Å²) in [7, 11) is 0. The number of carbonyl (C=O) groups excluding carboxylic acids is 2. The van der Waals surface area contributed by atoms with Crippen molar-refractivity contribution in [3.63, 3.8) is 0 Å². The molecule has 1 aromatic rings. The molecule has 0 aliphatic heterocycles. The van der Waals surface area contributed by atoms with Gasteiger partial charge in [0.05, 0.1) is 29.2 Å². The number of allylic oxidation sites excluding steroid dienone is 2. The lowest BCUT2D eigenvalue weighted by Gasteiger charge is -2.27. The van der Waals surface area contributed by atoms with E-state index in [1.54, 1.807) is 12.1 Å². The van der Waals surface area contributed by atoms with Crippen molar-refractivity contribution in [2.24, 2.45) is 11.8 Å². The molecule has 0 radical (unpaired) electrons. The Morgan fingerprint density at radius 1 is 1.20 bits per heavy atom. The van der Waals surface area contributed by atoms with Crippen LogP contribution in [0.15, 0.2) is 36.4 Å². The average molecular weight is 345 g/mol. The van der Waals surface area contributed by atoms with Gasteiger partial charge in [-0.1, -0.05) is 31.2 Å². The van der Waals surface area contributed by atoms with Crippen molar-refractivity contribution in [2.75, 3.05) is 5.32 Å². The van der Waals surface area contributed by atoms with Crippen molar-refractivity contribution in [1.82, 2.24) is 0 Å². The summed E-state index contributed by atoms with van der Waals surface area (Å²) in [5, 5.41) is 11.9. The molecule has 25 heavy (non-hydrogen) atoms. The quantitative estimate of drug-likeness (QED) is 0.610. The zero-order valence-electron chi connectivity index (χ0n) is 14.4. The standard InChI is InChI=1S/C19H23NO5/c1-3-12(2)25-19(24)14-9-5-4-8-13(14)17(21)20-16-11-7-6-10-15(16)18(22)23/h4-7,10-14H,3,8-9H2,1-2H3,(H,20,21)(H,22,23)/t12-,13-,14-/m0/s1. The number of ether oxygens (including phenoxy) is 1. The number of rotatable bonds is 6. The molecule has 1 aliphatic carbocycles. The molecule has 0 saturated heterocycles. The number of hydrogen-bond donors (Lipinski definition) is 2. The third-order valence-corrected chi connectivity index (χ3v) is 4.38. The van der Waals surface area contributed by atoms with Crippen LogP contribution in [0.3, 0.4) is 0 Å². The lowest BCUT2D eigenvalue weighted by Crippen LogP contribution is -2.37. The SMILES string of the molecule is CC[C@H](C)OC(=O)[C@H]1CC=CC[C@@H]1C(=O)Nc1ccccc1C(=O)O. The lowest BCUT2D eigenvalue weighted by atomic mass is 9.82. The Labute approximate surface area is 146 Å². The van der Waals surface area contributed by atoms with Gasteiger partial charge in [0, 0.05) is 0 Å². The molecule has 0 fully saturated rings. The molecule has 0 bridgehead atoms. The Kier molecular flexibility index (Phi) is 6.33. The van der Waals surface area contributed by atoms with Crippen LogP contribution in [0.5, 0.6) is 0 Å². The smallest absolute Gasteiger partial charge is 0.337 e. The van der Waals surface area contributed by atoms with Crippen LogP contribution in [-0.2, 0) is 14.3 Å². The molecule has 1 aliphatic rings. The first-order chi connectivity index (χ1) is 11.9. The number of para-hydroxylation sites is 1. The predicted molar refractivity (Wildman–Crippen MR) is 93.2 cm³/mol. The second-order valence-corrected chi connectivity index (χ2v) is 6.15. The van der Waals surface area contributed by atoms with Gasteiger partial charge in [-0.15, -0.1) is 0 Å². The van der Waals surface area contributed by atoms with E-state index in [0.29, 0.717) is 19.3 Å². The number of esters is 1. The summed E-state index contributed by atoms with van der Waals surface area (Å²) in [4.78, 5) is 36.3. The van der Waals surface area contributed by atoms with Gasteiger partial charge < -0.3 is 15.2 Å². The highest BCUT2D eigenvalue weighted by Gasteiger charge is 2.36. The molecule has 3 atom stereocenters. The molecular weight excluding hydrogens is 322 g/mol. The van der Waals surface area contributed by atoms with Crippen LogP contribution in [0.2, 0.25) is 0 Å². The zero-order valence-corrected chi connectivity index (χ0v) is 14.4. The maximum absolute atomic E-state index is 12.7. The van der Waals surface area contributed by atoms with E-state index in [9.17, 15) is 19.5 Å². The minimum Gasteiger partial charge on any atom is -0.478 e. The molecule has 2 N–H and O–H groups in total. The van der Waals surface area contributed by atoms with Crippen molar-refractivity contribution in [3.8, 4) is 0 Å². The Balaban J connectivity index is 2.15. The van der Waals surface area contributed by atoms with Crippen LogP contribution in [0.1, 0.15) is 43.5 Å². The zero-order chi connectivity index (χ0) is 18.4. The Morgan fingerprint density at radius 3 is 2.48 bits per heavy atom. The van der Waals surface area contributed by atoms with Crippen LogP contribution >= 0.6 is 0 Å². The minimum absolute atomic E-state index is 0.0148. The molecule has 1 amide bonds. The number of amides is 1. The maximum Gasteiger partial charge on any atom is 0.337 e. The number of carboxylic acids is 1. The number of benzene rings is 1. The third-order valence-electron chi connectivity index (χ3n) is 4.38. The topological polar surface area (TPSA) is 92.7 Å². The summed E-state index contributed by atoms with van der Waals surface area (Å²) >= 11 is 0. The van der Waals surface area contributed by atoms with Crippen molar-refractivity contribution in [2.45, 2.75) is 39.2 Å². The van der Waals surface area contributed by atoms with Gasteiger partial charge in [0.15, 0.2) is 0 Å². The Bertz CT molecular complexity index is 682. The first-order valence-electron chi connectivity index (χ1n) is 8.42. The highest BCUT2D eigenvalue weighted by atomic mass is 16.5. The van der Waals surface area contributed by atoms with Crippen molar-refractivity contribution in [3.05, 3.63) is 42.0 Å². The van der Waals surface area contributed by atoms with Gasteiger partial charge in [-0.25, -0.2) is 4.79 Å². The summed E-state index contributed by atoms with van der Waals surface area (Å²) in [6.45, 7) is 3.74. The molecule has 6 nitrogen and oxygen atoms in total. The van der Waals surface area contributed by atoms with E-state index in [0.717, 1.165) is 0 Å². The van der Waals surface area contributed by atoms with E-state index in [-0.39, 0.29) is 29.2 Å². The normalized spacial score (nSPS) is 20.6. The van der Waals surface area contributed by atoms with Crippen LogP contribution in [0, 0.1) is 11.8 Å². The highest BCUT2D eigenvalue weighted by molar-refractivity contribution is 6.02. The summed E-state index contributed by atoms with van der Waals surface area (Å²) in [5.74, 6) is -3.01. The summed E-state index contributed by atoms with van der Waals surface area (Å²) < 4.78 is 5.38. The number of carbonyl (C=O) groups is 3. The first-order valence-corrected chi connectivity index (χ1v) is 8.42. The predicted octanol–water partition coefficient (Wildman–Crippen LogP) is 3.25. The van der Waals surface area contributed by atoms with E-state index >= 15 is 0 Å². The highest BCUT2D eigenvalue weighted by Crippen LogP contribution is 2.29. The average Bonchev–Trinajstić information content (AvgIpc) is 2.61. The molecule has 1 aromatic carbocycles. The largest absolute Gasteiger partial charge is 0.478 e. The first kappa shape index (κ1) is 18.7. The number of nitrogens with one attached hydrogen (secondary N) is 1. The van der Waals surface area contributed by atoms with Crippen molar-refractivity contribution < 1.29 is 24.2 Å². The number of anilines is 1. The molecule has 0 heterocycles. The van der Waals surface area contributed by atoms with Gasteiger partial charge in [-0.05, 0) is 38.3 Å². The fourth-order valence-corrected chi connectivity index (χ4v) is 2.74. The fourth-order valence-electron chi connectivity index (χ4n) is 2.74. The van der Waals surface area contributed by atoms with E-state index in [1.165, 1.54) is 12.1 Å². The fraction of sp³-hybridized carbons (Fsp3) is 0.421. The van der Waals surface area contributed by atoms with E-state index in [1.807, 2.05) is 26.0 Å². The second kappa shape index (κ2) is 8.46. The van der Waals surface area contributed by atoms with Crippen LogP contribution in [0.25, 0.3) is 0 Å². The van der Waals surface area contributed by atoms with Gasteiger partial charge in [-0.3, -0.25) is 9.59 Å².